The van der Waals surface area contributed by atoms with Crippen LogP contribution in [0.25, 0.3) is 0 Å². The topological polar surface area (TPSA) is 83.1 Å². The van der Waals surface area contributed by atoms with Crippen molar-refractivity contribution in [3.8, 4) is 23.0 Å². The Bertz CT molecular complexity index is 900. The Morgan fingerprint density at radius 2 is 1.72 bits per heavy atom. The standard InChI is InChI=1S/C16H16BrNO6S/c1-21-10-3-4-13(22-2)16(7-10)25(19,20)18-12-9-15-14(8-11(12)17)23-5-6-24-15/h3-4,7-9,18H,5-6H2,1-2H3. The number of halogens is 1. The molecule has 1 N–H and O–H groups in total. The van der Waals surface area contributed by atoms with Gasteiger partial charge in [-0.15, -0.1) is 0 Å². The molecule has 0 radical (unpaired) electrons. The quantitative estimate of drug-likeness (QED) is 0.786. The highest BCUT2D eigenvalue weighted by molar-refractivity contribution is 9.10. The highest BCUT2D eigenvalue weighted by atomic mass is 79.9. The summed E-state index contributed by atoms with van der Waals surface area (Å²) < 4.78 is 50.0. The number of fused-ring (bicyclic) bond motifs is 1. The van der Waals surface area contributed by atoms with Crippen LogP contribution in [0.4, 0.5) is 5.69 Å². The lowest BCUT2D eigenvalue weighted by Crippen LogP contribution is -2.17. The van der Waals surface area contributed by atoms with Crippen LogP contribution in [0.2, 0.25) is 0 Å². The fraction of sp³-hybridized carbons (Fsp3) is 0.250. The van der Waals surface area contributed by atoms with Gasteiger partial charge in [0.15, 0.2) is 11.5 Å². The van der Waals surface area contributed by atoms with E-state index in [1.807, 2.05) is 0 Å². The predicted molar refractivity (Wildman–Crippen MR) is 95.5 cm³/mol. The highest BCUT2D eigenvalue weighted by Crippen LogP contribution is 2.39. The first kappa shape index (κ1) is 17.7. The molecule has 7 nitrogen and oxygen atoms in total. The molecule has 2 aromatic carbocycles. The van der Waals surface area contributed by atoms with E-state index in [1.165, 1.54) is 26.4 Å². The van der Waals surface area contributed by atoms with Crippen LogP contribution in [-0.2, 0) is 10.0 Å². The van der Waals surface area contributed by atoms with Gasteiger partial charge in [0.05, 0.1) is 19.9 Å². The molecule has 9 heteroatoms. The molecule has 1 heterocycles. The predicted octanol–water partition coefficient (Wildman–Crippen LogP) is 3.04. The van der Waals surface area contributed by atoms with Gasteiger partial charge in [-0.3, -0.25) is 4.72 Å². The van der Waals surface area contributed by atoms with Gasteiger partial charge in [0, 0.05) is 22.7 Å². The van der Waals surface area contributed by atoms with Gasteiger partial charge in [-0.2, -0.15) is 0 Å². The minimum atomic E-state index is -3.92. The van der Waals surface area contributed by atoms with Crippen LogP contribution in [-0.4, -0.2) is 35.9 Å². The molecule has 3 rings (SSSR count). The first-order chi connectivity index (χ1) is 11.9. The molecule has 0 spiro atoms. The molecule has 0 amide bonds. The number of ether oxygens (including phenoxy) is 4. The summed E-state index contributed by atoms with van der Waals surface area (Å²) in [4.78, 5) is -0.0314. The average Bonchev–Trinajstić information content (AvgIpc) is 2.61. The zero-order valence-corrected chi connectivity index (χ0v) is 15.9. The van der Waals surface area contributed by atoms with Crippen molar-refractivity contribution in [3.63, 3.8) is 0 Å². The summed E-state index contributed by atoms with van der Waals surface area (Å²) in [5.74, 6) is 1.65. The monoisotopic (exact) mass is 429 g/mol. The number of methoxy groups -OCH3 is 2. The van der Waals surface area contributed by atoms with E-state index in [1.54, 1.807) is 18.2 Å². The lowest BCUT2D eigenvalue weighted by molar-refractivity contribution is 0.171. The lowest BCUT2D eigenvalue weighted by atomic mass is 10.2. The molecule has 0 aromatic heterocycles. The fourth-order valence-electron chi connectivity index (χ4n) is 2.34. The molecule has 2 aromatic rings. The van der Waals surface area contributed by atoms with Gasteiger partial charge in [-0.25, -0.2) is 8.42 Å². The molecule has 1 aliphatic heterocycles. The molecule has 0 bridgehead atoms. The van der Waals surface area contributed by atoms with E-state index in [0.29, 0.717) is 40.6 Å². The molecule has 1 aliphatic rings. The fourth-order valence-corrected chi connectivity index (χ4v) is 4.14. The van der Waals surface area contributed by atoms with Crippen molar-refractivity contribution in [2.75, 3.05) is 32.2 Å². The van der Waals surface area contributed by atoms with Gasteiger partial charge in [0.2, 0.25) is 0 Å². The van der Waals surface area contributed by atoms with Crippen LogP contribution in [0.1, 0.15) is 0 Å². The maximum Gasteiger partial charge on any atom is 0.265 e. The summed E-state index contributed by atoms with van der Waals surface area (Å²) in [7, 11) is -1.05. The lowest BCUT2D eigenvalue weighted by Gasteiger charge is -2.20. The van der Waals surface area contributed by atoms with Gasteiger partial charge < -0.3 is 18.9 Å². The number of hydrogen-bond acceptors (Lipinski definition) is 6. The highest BCUT2D eigenvalue weighted by Gasteiger charge is 2.23. The number of anilines is 1. The molecule has 0 unspecified atom stereocenters. The normalized spacial score (nSPS) is 13.2. The number of rotatable bonds is 5. The summed E-state index contributed by atoms with van der Waals surface area (Å²) >= 11 is 3.35. The first-order valence-corrected chi connectivity index (χ1v) is 9.56. The van der Waals surface area contributed by atoms with Crippen LogP contribution in [0.15, 0.2) is 39.7 Å². The molecule has 0 saturated carbocycles. The number of benzene rings is 2. The Balaban J connectivity index is 2.00. The van der Waals surface area contributed by atoms with Crippen molar-refractivity contribution < 1.29 is 27.4 Å². The van der Waals surface area contributed by atoms with Crippen molar-refractivity contribution in [3.05, 3.63) is 34.8 Å². The van der Waals surface area contributed by atoms with Crippen molar-refractivity contribution in [2.24, 2.45) is 0 Å². The van der Waals surface area contributed by atoms with Gasteiger partial charge in [0.1, 0.15) is 29.6 Å². The second-order valence-electron chi connectivity index (χ2n) is 5.10. The van der Waals surface area contributed by atoms with Crippen molar-refractivity contribution in [1.29, 1.82) is 0 Å². The average molecular weight is 430 g/mol. The van der Waals surface area contributed by atoms with E-state index >= 15 is 0 Å². The van der Waals surface area contributed by atoms with Crippen molar-refractivity contribution in [2.45, 2.75) is 4.90 Å². The second kappa shape index (κ2) is 7.01. The molecule has 0 aliphatic carbocycles. The Labute approximate surface area is 154 Å². The number of hydrogen-bond donors (Lipinski definition) is 1. The van der Waals surface area contributed by atoms with Crippen molar-refractivity contribution in [1.82, 2.24) is 0 Å². The van der Waals surface area contributed by atoms with Gasteiger partial charge in [-0.1, -0.05) is 0 Å². The minimum absolute atomic E-state index is 0.0314. The molecule has 0 atom stereocenters. The van der Waals surface area contributed by atoms with Crippen LogP contribution in [0, 0.1) is 0 Å². The second-order valence-corrected chi connectivity index (χ2v) is 7.60. The molecule has 134 valence electrons. The Kier molecular flexibility index (Phi) is 4.96. The van der Waals surface area contributed by atoms with E-state index in [0.717, 1.165) is 0 Å². The molecule has 0 saturated heterocycles. The summed E-state index contributed by atoms with van der Waals surface area (Å²) in [5.41, 5.74) is 0.328. The Morgan fingerprint density at radius 3 is 2.36 bits per heavy atom. The zero-order valence-electron chi connectivity index (χ0n) is 13.5. The Hall–Kier alpha value is -2.13. The van der Waals surface area contributed by atoms with Crippen LogP contribution in [0.3, 0.4) is 0 Å². The summed E-state index contributed by atoms with van der Waals surface area (Å²) in [6.07, 6.45) is 0. The Morgan fingerprint density at radius 1 is 1.04 bits per heavy atom. The molecule has 0 fully saturated rings. The largest absolute Gasteiger partial charge is 0.497 e. The smallest absolute Gasteiger partial charge is 0.265 e. The molecule has 25 heavy (non-hydrogen) atoms. The van der Waals surface area contributed by atoms with Gasteiger partial charge >= 0.3 is 0 Å². The third-order valence-corrected chi connectivity index (χ3v) is 5.58. The van der Waals surface area contributed by atoms with E-state index in [-0.39, 0.29) is 10.6 Å². The number of sulfonamides is 1. The molecular weight excluding hydrogens is 414 g/mol. The zero-order chi connectivity index (χ0) is 18.0. The summed E-state index contributed by atoms with van der Waals surface area (Å²) in [6.45, 7) is 0.857. The van der Waals surface area contributed by atoms with Crippen LogP contribution < -0.4 is 23.7 Å². The summed E-state index contributed by atoms with van der Waals surface area (Å²) in [6, 6.07) is 7.79. The van der Waals surface area contributed by atoms with E-state index in [4.69, 9.17) is 18.9 Å². The third-order valence-electron chi connectivity index (χ3n) is 3.54. The van der Waals surface area contributed by atoms with Crippen molar-refractivity contribution >= 4 is 31.6 Å². The van der Waals surface area contributed by atoms with Gasteiger partial charge in [0.25, 0.3) is 10.0 Å². The van der Waals surface area contributed by atoms with E-state index < -0.39 is 10.0 Å². The minimum Gasteiger partial charge on any atom is -0.497 e. The SMILES string of the molecule is COc1ccc(OC)c(S(=O)(=O)Nc2cc3c(cc2Br)OCCO3)c1. The van der Waals surface area contributed by atoms with Crippen LogP contribution >= 0.6 is 15.9 Å². The maximum absolute atomic E-state index is 12.8. The molecular formula is C16H16BrNO6S. The maximum atomic E-state index is 12.8. The van der Waals surface area contributed by atoms with Crippen LogP contribution in [0.5, 0.6) is 23.0 Å². The van der Waals surface area contributed by atoms with E-state index in [9.17, 15) is 8.42 Å². The van der Waals surface area contributed by atoms with Gasteiger partial charge in [-0.05, 0) is 28.1 Å². The summed E-state index contributed by atoms with van der Waals surface area (Å²) in [5, 5.41) is 0. The number of nitrogens with one attached hydrogen (secondary N) is 1. The first-order valence-electron chi connectivity index (χ1n) is 7.28. The van der Waals surface area contributed by atoms with E-state index in [2.05, 4.69) is 20.7 Å². The third kappa shape index (κ3) is 3.62.